The van der Waals surface area contributed by atoms with E-state index in [2.05, 4.69) is 25.9 Å². The minimum absolute atomic E-state index is 0.440. The van der Waals surface area contributed by atoms with Gasteiger partial charge in [-0.15, -0.1) is 0 Å². The second-order valence-electron chi connectivity index (χ2n) is 4.45. The number of ether oxygens (including phenoxy) is 1. The molecule has 0 unspecified atom stereocenters. The molecule has 1 aromatic heterocycles. The molecule has 3 nitrogen and oxygen atoms in total. The third-order valence-corrected chi connectivity index (χ3v) is 3.35. The van der Waals surface area contributed by atoms with Crippen LogP contribution in [0.2, 0.25) is 0 Å². The zero-order chi connectivity index (χ0) is 13.2. The third-order valence-electron chi connectivity index (χ3n) is 2.86. The second kappa shape index (κ2) is 5.05. The molecule has 0 amide bonds. The van der Waals surface area contributed by atoms with Gasteiger partial charge in [0, 0.05) is 4.47 Å². The molecule has 96 valence electrons. The average Bonchev–Trinajstić information content (AvgIpc) is 2.78. The van der Waals surface area contributed by atoms with Crippen molar-refractivity contribution in [2.24, 2.45) is 0 Å². The molecule has 0 spiro atoms. The number of aromatic nitrogens is 2. The highest BCUT2D eigenvalue weighted by Gasteiger charge is 2.04. The first kappa shape index (κ1) is 12.2. The molecule has 19 heavy (non-hydrogen) atoms. The molecule has 4 heteroatoms. The number of H-pyrrole nitrogens is 1. The number of nitrogens with zero attached hydrogens (tertiary/aromatic N) is 1. The number of fused-ring (bicyclic) bond motifs is 1. The Labute approximate surface area is 119 Å². The maximum Gasteiger partial charge on any atom is 0.146 e. The van der Waals surface area contributed by atoms with Crippen molar-refractivity contribution < 1.29 is 4.74 Å². The average molecular weight is 317 g/mol. The lowest BCUT2D eigenvalue weighted by Crippen LogP contribution is -1.97. The van der Waals surface area contributed by atoms with Gasteiger partial charge < -0.3 is 9.72 Å². The smallest absolute Gasteiger partial charge is 0.146 e. The molecule has 3 aromatic rings. The molecule has 1 N–H and O–H groups in total. The Morgan fingerprint density at radius 2 is 2.11 bits per heavy atom. The third kappa shape index (κ3) is 2.79. The second-order valence-corrected chi connectivity index (χ2v) is 5.37. The van der Waals surface area contributed by atoms with Crippen molar-refractivity contribution in [1.29, 1.82) is 0 Å². The topological polar surface area (TPSA) is 37.9 Å². The summed E-state index contributed by atoms with van der Waals surface area (Å²) < 4.78 is 6.76. The molecule has 1 heterocycles. The molecular formula is C15H13BrN2O. The van der Waals surface area contributed by atoms with Gasteiger partial charge in [-0.2, -0.15) is 0 Å². The largest absolute Gasteiger partial charge is 0.486 e. The number of hydrogen-bond acceptors (Lipinski definition) is 2. The van der Waals surface area contributed by atoms with E-state index < -0.39 is 0 Å². The van der Waals surface area contributed by atoms with E-state index >= 15 is 0 Å². The standard InChI is InChI=1S/C15H13BrN2O/c1-10-3-2-4-12(7-10)19-9-15-17-13-6-5-11(16)8-14(13)18-15/h2-8H,9H2,1H3,(H,17,18). The minimum Gasteiger partial charge on any atom is -0.486 e. The summed E-state index contributed by atoms with van der Waals surface area (Å²) in [7, 11) is 0. The zero-order valence-electron chi connectivity index (χ0n) is 10.5. The van der Waals surface area contributed by atoms with Crippen molar-refractivity contribution in [1.82, 2.24) is 9.97 Å². The van der Waals surface area contributed by atoms with E-state index in [4.69, 9.17) is 4.74 Å². The van der Waals surface area contributed by atoms with Crippen LogP contribution in [-0.4, -0.2) is 9.97 Å². The van der Waals surface area contributed by atoms with Crippen LogP contribution in [0, 0.1) is 6.92 Å². The highest BCUT2D eigenvalue weighted by atomic mass is 79.9. The predicted octanol–water partition coefficient (Wildman–Crippen LogP) is 4.21. The molecule has 0 saturated carbocycles. The Morgan fingerprint density at radius 3 is 2.95 bits per heavy atom. The van der Waals surface area contributed by atoms with Crippen molar-refractivity contribution in [2.75, 3.05) is 0 Å². The van der Waals surface area contributed by atoms with E-state index in [1.165, 1.54) is 5.56 Å². The monoisotopic (exact) mass is 316 g/mol. The maximum absolute atomic E-state index is 5.73. The van der Waals surface area contributed by atoms with Crippen LogP contribution < -0.4 is 4.74 Å². The van der Waals surface area contributed by atoms with E-state index in [9.17, 15) is 0 Å². The van der Waals surface area contributed by atoms with Gasteiger partial charge in [-0.25, -0.2) is 4.98 Å². The van der Waals surface area contributed by atoms with Crippen LogP contribution in [-0.2, 0) is 6.61 Å². The van der Waals surface area contributed by atoms with E-state index in [1.54, 1.807) is 0 Å². The predicted molar refractivity (Wildman–Crippen MR) is 79.3 cm³/mol. The number of halogens is 1. The SMILES string of the molecule is Cc1cccc(OCc2nc3ccc(Br)cc3[nH]2)c1. The number of aromatic amines is 1. The summed E-state index contributed by atoms with van der Waals surface area (Å²) >= 11 is 3.45. The molecule has 0 aliphatic rings. The molecule has 0 fully saturated rings. The summed E-state index contributed by atoms with van der Waals surface area (Å²) in [6.07, 6.45) is 0. The van der Waals surface area contributed by atoms with Crippen LogP contribution in [0.1, 0.15) is 11.4 Å². The number of hydrogen-bond donors (Lipinski definition) is 1. The van der Waals surface area contributed by atoms with E-state index in [1.807, 2.05) is 49.4 Å². The number of rotatable bonds is 3. The molecule has 0 aliphatic heterocycles. The zero-order valence-corrected chi connectivity index (χ0v) is 12.1. The van der Waals surface area contributed by atoms with Gasteiger partial charge in [-0.05, 0) is 42.8 Å². The summed E-state index contributed by atoms with van der Waals surface area (Å²) in [5, 5.41) is 0. The lowest BCUT2D eigenvalue weighted by molar-refractivity contribution is 0.297. The fourth-order valence-electron chi connectivity index (χ4n) is 1.96. The number of imidazole rings is 1. The summed E-state index contributed by atoms with van der Waals surface area (Å²) in [6.45, 7) is 2.49. The van der Waals surface area contributed by atoms with Crippen LogP contribution in [0.4, 0.5) is 0 Å². The van der Waals surface area contributed by atoms with Gasteiger partial charge in [0.15, 0.2) is 0 Å². The lowest BCUT2D eigenvalue weighted by atomic mass is 10.2. The van der Waals surface area contributed by atoms with Crippen LogP contribution in [0.15, 0.2) is 46.9 Å². The van der Waals surface area contributed by atoms with Crippen molar-refractivity contribution >= 4 is 27.0 Å². The molecule has 0 bridgehead atoms. The molecule has 0 aliphatic carbocycles. The molecule has 0 radical (unpaired) electrons. The Kier molecular flexibility index (Phi) is 3.25. The van der Waals surface area contributed by atoms with Gasteiger partial charge in [-0.1, -0.05) is 28.1 Å². The highest BCUT2D eigenvalue weighted by Crippen LogP contribution is 2.19. The lowest BCUT2D eigenvalue weighted by Gasteiger charge is -2.04. The van der Waals surface area contributed by atoms with Gasteiger partial charge in [0.05, 0.1) is 11.0 Å². The fraction of sp³-hybridized carbons (Fsp3) is 0.133. The van der Waals surface area contributed by atoms with E-state index in [0.717, 1.165) is 27.1 Å². The van der Waals surface area contributed by atoms with Crippen molar-refractivity contribution in [3.63, 3.8) is 0 Å². The Morgan fingerprint density at radius 1 is 1.21 bits per heavy atom. The molecule has 3 rings (SSSR count). The van der Waals surface area contributed by atoms with Gasteiger partial charge in [0.25, 0.3) is 0 Å². The molecule has 0 atom stereocenters. The summed E-state index contributed by atoms with van der Waals surface area (Å²) in [5.74, 6) is 1.69. The Bertz CT molecular complexity index is 721. The van der Waals surface area contributed by atoms with Crippen LogP contribution in [0.25, 0.3) is 11.0 Å². The Balaban J connectivity index is 1.78. The molecule has 0 saturated heterocycles. The molecule has 2 aromatic carbocycles. The summed E-state index contributed by atoms with van der Waals surface area (Å²) in [4.78, 5) is 7.75. The maximum atomic E-state index is 5.73. The van der Waals surface area contributed by atoms with Crippen molar-refractivity contribution in [3.05, 3.63) is 58.3 Å². The van der Waals surface area contributed by atoms with Crippen LogP contribution in [0.5, 0.6) is 5.75 Å². The van der Waals surface area contributed by atoms with Crippen molar-refractivity contribution in [2.45, 2.75) is 13.5 Å². The summed E-state index contributed by atoms with van der Waals surface area (Å²) in [5.41, 5.74) is 3.15. The first-order chi connectivity index (χ1) is 9.20. The summed E-state index contributed by atoms with van der Waals surface area (Å²) in [6, 6.07) is 14.0. The van der Waals surface area contributed by atoms with Crippen LogP contribution in [0.3, 0.4) is 0 Å². The van der Waals surface area contributed by atoms with E-state index in [-0.39, 0.29) is 0 Å². The first-order valence-corrected chi connectivity index (χ1v) is 6.83. The van der Waals surface area contributed by atoms with Crippen LogP contribution >= 0.6 is 15.9 Å². The highest BCUT2D eigenvalue weighted by molar-refractivity contribution is 9.10. The minimum atomic E-state index is 0.440. The van der Waals surface area contributed by atoms with Gasteiger partial charge >= 0.3 is 0 Å². The van der Waals surface area contributed by atoms with Gasteiger partial charge in [-0.3, -0.25) is 0 Å². The van der Waals surface area contributed by atoms with E-state index in [0.29, 0.717) is 6.61 Å². The number of aryl methyl sites for hydroxylation is 1. The van der Waals surface area contributed by atoms with Crippen molar-refractivity contribution in [3.8, 4) is 5.75 Å². The Hall–Kier alpha value is -1.81. The number of nitrogens with one attached hydrogen (secondary N) is 1. The number of benzene rings is 2. The molecular weight excluding hydrogens is 304 g/mol. The van der Waals surface area contributed by atoms with Gasteiger partial charge in [0.1, 0.15) is 18.2 Å². The fourth-order valence-corrected chi connectivity index (χ4v) is 2.32. The normalized spacial score (nSPS) is 10.8. The van der Waals surface area contributed by atoms with Gasteiger partial charge in [0.2, 0.25) is 0 Å². The first-order valence-electron chi connectivity index (χ1n) is 6.04. The quantitative estimate of drug-likeness (QED) is 0.786.